The molecule has 5 rings (SSSR count). The highest BCUT2D eigenvalue weighted by molar-refractivity contribution is 5.93. The quantitative estimate of drug-likeness (QED) is 0.735. The molecule has 0 aromatic heterocycles. The van der Waals surface area contributed by atoms with Crippen molar-refractivity contribution in [1.29, 1.82) is 0 Å². The first-order valence-electron chi connectivity index (χ1n) is 10.2. The van der Waals surface area contributed by atoms with Crippen molar-refractivity contribution in [3.8, 4) is 5.75 Å². The van der Waals surface area contributed by atoms with Crippen LogP contribution in [0.5, 0.6) is 5.75 Å². The second-order valence-corrected chi connectivity index (χ2v) is 8.53. The van der Waals surface area contributed by atoms with Gasteiger partial charge in [0.15, 0.2) is 0 Å². The van der Waals surface area contributed by atoms with Crippen molar-refractivity contribution in [2.45, 2.75) is 31.6 Å². The normalized spacial score (nSPS) is 32.6. The average Bonchev–Trinajstić information content (AvgIpc) is 3.36. The minimum absolute atomic E-state index is 0.0155. The van der Waals surface area contributed by atoms with Gasteiger partial charge < -0.3 is 19.3 Å². The van der Waals surface area contributed by atoms with Crippen molar-refractivity contribution in [3.05, 3.63) is 53.6 Å². The van der Waals surface area contributed by atoms with Crippen LogP contribution >= 0.6 is 0 Å². The van der Waals surface area contributed by atoms with Gasteiger partial charge in [-0.1, -0.05) is 35.9 Å². The van der Waals surface area contributed by atoms with Gasteiger partial charge in [-0.15, -0.1) is 0 Å². The summed E-state index contributed by atoms with van der Waals surface area (Å²) < 4.78 is 11.5. The van der Waals surface area contributed by atoms with Gasteiger partial charge in [-0.3, -0.25) is 9.59 Å². The number of ether oxygens (including phenoxy) is 2. The maximum Gasteiger partial charge on any atom is 0.230 e. The van der Waals surface area contributed by atoms with Crippen molar-refractivity contribution in [3.63, 3.8) is 0 Å². The summed E-state index contributed by atoms with van der Waals surface area (Å²) in [6.07, 6.45) is 6.70. The smallest absolute Gasteiger partial charge is 0.230 e. The Hall–Kier alpha value is -2.60. The molecule has 0 saturated carbocycles. The number of fused-ring (bicyclic) bond motifs is 1. The molecule has 2 saturated heterocycles. The first-order valence-corrected chi connectivity index (χ1v) is 10.2. The van der Waals surface area contributed by atoms with E-state index in [0.29, 0.717) is 19.6 Å². The summed E-state index contributed by atoms with van der Waals surface area (Å²) in [7, 11) is 1.63. The third kappa shape index (κ3) is 2.89. The van der Waals surface area contributed by atoms with Crippen molar-refractivity contribution < 1.29 is 19.1 Å². The van der Waals surface area contributed by atoms with Gasteiger partial charge in [-0.2, -0.15) is 0 Å². The van der Waals surface area contributed by atoms with Crippen LogP contribution in [0.3, 0.4) is 0 Å². The summed E-state index contributed by atoms with van der Waals surface area (Å²) >= 11 is 0. The SMILES string of the molecule is COc1cccc(CN2C[C@]34C=C[C@H](O3)[C@@H](C(=O)N3CC=C(C)CC3)[C@H]4C2=O)c1. The van der Waals surface area contributed by atoms with Crippen LogP contribution in [0.4, 0.5) is 0 Å². The summed E-state index contributed by atoms with van der Waals surface area (Å²) in [5.74, 6) is -0.0170. The Kier molecular flexibility index (Phi) is 4.28. The summed E-state index contributed by atoms with van der Waals surface area (Å²) in [6, 6.07) is 7.74. The molecule has 4 aliphatic heterocycles. The molecule has 1 aromatic carbocycles. The fourth-order valence-electron chi connectivity index (χ4n) is 5.17. The van der Waals surface area contributed by atoms with Gasteiger partial charge in [0, 0.05) is 19.6 Å². The molecule has 6 heteroatoms. The number of carbonyl (C=O) groups is 2. The highest BCUT2D eigenvalue weighted by atomic mass is 16.5. The maximum absolute atomic E-state index is 13.4. The van der Waals surface area contributed by atoms with Crippen LogP contribution in [0.2, 0.25) is 0 Å². The molecule has 0 radical (unpaired) electrons. The predicted molar refractivity (Wildman–Crippen MR) is 107 cm³/mol. The molecule has 152 valence electrons. The van der Waals surface area contributed by atoms with E-state index in [1.54, 1.807) is 7.11 Å². The average molecular weight is 394 g/mol. The van der Waals surface area contributed by atoms with Crippen LogP contribution in [0.1, 0.15) is 18.9 Å². The van der Waals surface area contributed by atoms with Crippen LogP contribution < -0.4 is 4.74 Å². The first-order chi connectivity index (χ1) is 14.0. The predicted octanol–water partition coefficient (Wildman–Crippen LogP) is 2.16. The first kappa shape index (κ1) is 18.4. The molecule has 0 unspecified atom stereocenters. The molecule has 2 amide bonds. The minimum Gasteiger partial charge on any atom is -0.497 e. The van der Waals surface area contributed by atoms with Gasteiger partial charge in [0.25, 0.3) is 0 Å². The van der Waals surface area contributed by atoms with Crippen molar-refractivity contribution in [1.82, 2.24) is 9.80 Å². The van der Waals surface area contributed by atoms with Gasteiger partial charge in [-0.25, -0.2) is 0 Å². The van der Waals surface area contributed by atoms with E-state index in [0.717, 1.165) is 24.3 Å². The highest BCUT2D eigenvalue weighted by Crippen LogP contribution is 2.52. The number of methoxy groups -OCH3 is 1. The number of hydrogen-bond acceptors (Lipinski definition) is 4. The number of amides is 2. The second kappa shape index (κ2) is 6.73. The number of rotatable bonds is 4. The Bertz CT molecular complexity index is 923. The molecule has 0 aliphatic carbocycles. The Morgan fingerprint density at radius 3 is 3.00 bits per heavy atom. The molecule has 0 N–H and O–H groups in total. The van der Waals surface area contributed by atoms with E-state index in [1.165, 1.54) is 5.57 Å². The summed E-state index contributed by atoms with van der Waals surface area (Å²) in [5, 5.41) is 0. The van der Waals surface area contributed by atoms with Crippen LogP contribution in [-0.4, -0.2) is 60.1 Å². The number of nitrogens with zero attached hydrogens (tertiary/aromatic N) is 2. The fourth-order valence-corrected chi connectivity index (χ4v) is 5.17. The van der Waals surface area contributed by atoms with Crippen molar-refractivity contribution in [2.75, 3.05) is 26.7 Å². The van der Waals surface area contributed by atoms with E-state index in [4.69, 9.17) is 9.47 Å². The molecular weight excluding hydrogens is 368 g/mol. The molecule has 4 atom stereocenters. The van der Waals surface area contributed by atoms with E-state index in [2.05, 4.69) is 13.0 Å². The minimum atomic E-state index is -0.664. The lowest BCUT2D eigenvalue weighted by Crippen LogP contribution is -2.47. The number of benzene rings is 1. The van der Waals surface area contributed by atoms with Gasteiger partial charge in [-0.05, 0) is 31.0 Å². The monoisotopic (exact) mass is 394 g/mol. The summed E-state index contributed by atoms with van der Waals surface area (Å²) in [5.41, 5.74) is 1.66. The standard InChI is InChI=1S/C23H26N2O4/c1-15-7-10-24(11-8-15)21(26)19-18-6-9-23(29-18)14-25(22(27)20(19)23)13-16-4-3-5-17(12-16)28-2/h3-7,9,12,18-20H,8,10-11,13-14H2,1-2H3/t18-,19+,20-,23-/m0/s1. The number of hydrogen-bond donors (Lipinski definition) is 0. The molecule has 29 heavy (non-hydrogen) atoms. The zero-order chi connectivity index (χ0) is 20.2. The van der Waals surface area contributed by atoms with Crippen LogP contribution in [0.15, 0.2) is 48.1 Å². The van der Waals surface area contributed by atoms with Crippen molar-refractivity contribution >= 4 is 11.8 Å². The third-order valence-corrected chi connectivity index (χ3v) is 6.72. The molecule has 1 spiro atoms. The van der Waals surface area contributed by atoms with Gasteiger partial charge in [0.2, 0.25) is 11.8 Å². The Morgan fingerprint density at radius 2 is 2.24 bits per heavy atom. The summed E-state index contributed by atoms with van der Waals surface area (Å²) in [4.78, 5) is 30.4. The van der Waals surface area contributed by atoms with Crippen LogP contribution in [0.25, 0.3) is 0 Å². The molecule has 4 heterocycles. The van der Waals surface area contributed by atoms with Gasteiger partial charge in [0.1, 0.15) is 11.4 Å². The third-order valence-electron chi connectivity index (χ3n) is 6.72. The van der Waals surface area contributed by atoms with Crippen LogP contribution in [0, 0.1) is 11.8 Å². The maximum atomic E-state index is 13.4. The molecule has 2 bridgehead atoms. The lowest BCUT2D eigenvalue weighted by Gasteiger charge is -2.31. The Morgan fingerprint density at radius 1 is 1.38 bits per heavy atom. The van der Waals surface area contributed by atoms with Crippen molar-refractivity contribution in [2.24, 2.45) is 11.8 Å². The van der Waals surface area contributed by atoms with E-state index < -0.39 is 17.4 Å². The van der Waals surface area contributed by atoms with E-state index in [1.807, 2.05) is 46.2 Å². The zero-order valence-corrected chi connectivity index (χ0v) is 16.8. The highest BCUT2D eigenvalue weighted by Gasteiger charge is 2.67. The molecular formula is C23H26N2O4. The molecule has 2 fully saturated rings. The van der Waals surface area contributed by atoms with E-state index >= 15 is 0 Å². The molecule has 6 nitrogen and oxygen atoms in total. The lowest BCUT2D eigenvalue weighted by molar-refractivity contribution is -0.143. The second-order valence-electron chi connectivity index (χ2n) is 8.53. The van der Waals surface area contributed by atoms with E-state index in [9.17, 15) is 9.59 Å². The molecule has 1 aromatic rings. The van der Waals surface area contributed by atoms with Crippen LogP contribution in [-0.2, 0) is 20.9 Å². The topological polar surface area (TPSA) is 59.1 Å². The lowest BCUT2D eigenvalue weighted by atomic mass is 9.76. The van der Waals surface area contributed by atoms with E-state index in [-0.39, 0.29) is 17.9 Å². The van der Waals surface area contributed by atoms with Gasteiger partial charge >= 0.3 is 0 Å². The zero-order valence-electron chi connectivity index (χ0n) is 16.8. The summed E-state index contributed by atoms with van der Waals surface area (Å²) in [6.45, 7) is 4.41. The number of carbonyl (C=O) groups excluding carboxylic acids is 2. The largest absolute Gasteiger partial charge is 0.497 e. The fraction of sp³-hybridized carbons (Fsp3) is 0.478. The molecule has 4 aliphatic rings. The van der Waals surface area contributed by atoms with Gasteiger partial charge in [0.05, 0.1) is 31.6 Å². The Labute approximate surface area is 170 Å². The Balaban J connectivity index is 1.38. The number of likely N-dealkylation sites (tertiary alicyclic amines) is 1.